The largest absolute Gasteiger partial charge is 0.482 e. The molecule has 0 atom stereocenters. The highest BCUT2D eigenvalue weighted by Crippen LogP contribution is 2.16. The van der Waals surface area contributed by atoms with E-state index in [1.807, 2.05) is 30.3 Å². The Morgan fingerprint density at radius 3 is 2.60 bits per heavy atom. The second-order valence-electron chi connectivity index (χ2n) is 4.29. The van der Waals surface area contributed by atoms with Crippen LogP contribution in [0.5, 0.6) is 5.75 Å². The van der Waals surface area contributed by atoms with Crippen LogP contribution in [0.1, 0.15) is 22.8 Å². The van der Waals surface area contributed by atoms with E-state index < -0.39 is 0 Å². The first-order valence-electron chi connectivity index (χ1n) is 6.42. The SMILES string of the molecule is CCc1ccc(NC(=O)c2cccc(OCBr)c2)cc1. The number of amides is 1. The molecular formula is C16H16BrNO2. The van der Waals surface area contributed by atoms with Crippen LogP contribution in [0.3, 0.4) is 0 Å². The second kappa shape index (κ2) is 7.10. The van der Waals surface area contributed by atoms with Crippen molar-refractivity contribution in [2.45, 2.75) is 13.3 Å². The van der Waals surface area contributed by atoms with E-state index in [1.54, 1.807) is 18.2 Å². The van der Waals surface area contributed by atoms with Crippen molar-refractivity contribution in [2.24, 2.45) is 0 Å². The smallest absolute Gasteiger partial charge is 0.255 e. The molecule has 0 unspecified atom stereocenters. The molecule has 104 valence electrons. The average Bonchev–Trinajstić information content (AvgIpc) is 2.48. The van der Waals surface area contributed by atoms with Gasteiger partial charge in [0.1, 0.15) is 11.3 Å². The first kappa shape index (κ1) is 14.6. The van der Waals surface area contributed by atoms with Crippen molar-refractivity contribution in [2.75, 3.05) is 10.8 Å². The maximum absolute atomic E-state index is 12.1. The summed E-state index contributed by atoms with van der Waals surface area (Å²) in [5.41, 5.74) is 3.01. The minimum absolute atomic E-state index is 0.144. The van der Waals surface area contributed by atoms with E-state index in [2.05, 4.69) is 28.2 Å². The highest BCUT2D eigenvalue weighted by atomic mass is 79.9. The Bertz CT molecular complexity index is 581. The maximum Gasteiger partial charge on any atom is 0.255 e. The van der Waals surface area contributed by atoms with E-state index in [9.17, 15) is 4.79 Å². The molecular weight excluding hydrogens is 318 g/mol. The number of hydrogen-bond donors (Lipinski definition) is 1. The van der Waals surface area contributed by atoms with Gasteiger partial charge in [0.05, 0.1) is 0 Å². The third-order valence-electron chi connectivity index (χ3n) is 2.94. The van der Waals surface area contributed by atoms with Gasteiger partial charge in [0.25, 0.3) is 5.91 Å². The zero-order valence-corrected chi connectivity index (χ0v) is 12.8. The number of ether oxygens (including phenoxy) is 1. The maximum atomic E-state index is 12.1. The van der Waals surface area contributed by atoms with E-state index in [-0.39, 0.29) is 5.91 Å². The fourth-order valence-corrected chi connectivity index (χ4v) is 2.08. The Hall–Kier alpha value is -1.81. The van der Waals surface area contributed by atoms with Crippen LogP contribution in [-0.2, 0) is 6.42 Å². The van der Waals surface area contributed by atoms with Gasteiger partial charge in [0, 0.05) is 11.3 Å². The summed E-state index contributed by atoms with van der Waals surface area (Å²) < 4.78 is 5.31. The van der Waals surface area contributed by atoms with Crippen LogP contribution < -0.4 is 10.1 Å². The average molecular weight is 334 g/mol. The predicted molar refractivity (Wildman–Crippen MR) is 84.6 cm³/mol. The minimum atomic E-state index is -0.144. The second-order valence-corrected chi connectivity index (χ2v) is 4.74. The first-order chi connectivity index (χ1) is 9.72. The number of rotatable bonds is 5. The van der Waals surface area contributed by atoms with Gasteiger partial charge in [-0.1, -0.05) is 25.1 Å². The molecule has 3 nitrogen and oxygen atoms in total. The van der Waals surface area contributed by atoms with Crippen molar-refractivity contribution < 1.29 is 9.53 Å². The van der Waals surface area contributed by atoms with Gasteiger partial charge in [-0.2, -0.15) is 0 Å². The molecule has 1 amide bonds. The zero-order chi connectivity index (χ0) is 14.4. The van der Waals surface area contributed by atoms with Gasteiger partial charge in [-0.3, -0.25) is 4.79 Å². The number of hydrogen-bond acceptors (Lipinski definition) is 2. The van der Waals surface area contributed by atoms with Gasteiger partial charge in [-0.15, -0.1) is 0 Å². The third-order valence-corrected chi connectivity index (χ3v) is 3.17. The van der Waals surface area contributed by atoms with Crippen LogP contribution in [-0.4, -0.2) is 11.4 Å². The molecule has 0 aliphatic heterocycles. The molecule has 2 rings (SSSR count). The third kappa shape index (κ3) is 3.84. The van der Waals surface area contributed by atoms with Crippen LogP contribution in [0.4, 0.5) is 5.69 Å². The summed E-state index contributed by atoms with van der Waals surface area (Å²) in [5.74, 6) is 0.519. The number of aryl methyl sites for hydroxylation is 1. The fourth-order valence-electron chi connectivity index (χ4n) is 1.82. The molecule has 0 heterocycles. The molecule has 0 fully saturated rings. The van der Waals surface area contributed by atoms with Crippen LogP contribution in [0.25, 0.3) is 0 Å². The summed E-state index contributed by atoms with van der Waals surface area (Å²) in [4.78, 5) is 12.1. The molecule has 1 N–H and O–H groups in total. The van der Waals surface area contributed by atoms with E-state index in [1.165, 1.54) is 5.56 Å². The van der Waals surface area contributed by atoms with Gasteiger partial charge in [-0.05, 0) is 58.2 Å². The van der Waals surface area contributed by atoms with Crippen molar-refractivity contribution in [1.82, 2.24) is 0 Å². The zero-order valence-electron chi connectivity index (χ0n) is 11.2. The number of carbonyl (C=O) groups excluding carboxylic acids is 1. The molecule has 0 aromatic heterocycles. The number of halogens is 1. The number of anilines is 1. The monoisotopic (exact) mass is 333 g/mol. The van der Waals surface area contributed by atoms with Crippen molar-refractivity contribution in [3.05, 3.63) is 59.7 Å². The number of carbonyl (C=O) groups is 1. The lowest BCUT2D eigenvalue weighted by atomic mass is 10.1. The summed E-state index contributed by atoms with van der Waals surface area (Å²) in [6.45, 7) is 2.10. The molecule has 0 aliphatic carbocycles. The molecule has 0 radical (unpaired) electrons. The number of nitrogens with one attached hydrogen (secondary N) is 1. The Labute approximate surface area is 127 Å². The molecule has 0 bridgehead atoms. The highest BCUT2D eigenvalue weighted by molar-refractivity contribution is 9.09. The quantitative estimate of drug-likeness (QED) is 0.831. The normalized spacial score (nSPS) is 10.1. The lowest BCUT2D eigenvalue weighted by Gasteiger charge is -2.08. The summed E-state index contributed by atoms with van der Waals surface area (Å²) in [6.07, 6.45) is 0.986. The Balaban J connectivity index is 2.08. The summed E-state index contributed by atoms with van der Waals surface area (Å²) in [7, 11) is 0. The van der Waals surface area contributed by atoms with E-state index in [4.69, 9.17) is 4.74 Å². The summed E-state index contributed by atoms with van der Waals surface area (Å²) in [6, 6.07) is 14.9. The summed E-state index contributed by atoms with van der Waals surface area (Å²) in [5, 5.41) is 2.87. The van der Waals surface area contributed by atoms with Gasteiger partial charge in [0.2, 0.25) is 0 Å². The van der Waals surface area contributed by atoms with Gasteiger partial charge < -0.3 is 10.1 Å². The lowest BCUT2D eigenvalue weighted by Crippen LogP contribution is -2.11. The van der Waals surface area contributed by atoms with Crippen LogP contribution in [0.15, 0.2) is 48.5 Å². The Morgan fingerprint density at radius 1 is 1.20 bits per heavy atom. The van der Waals surface area contributed by atoms with Crippen LogP contribution in [0, 0.1) is 0 Å². The molecule has 0 saturated carbocycles. The Morgan fingerprint density at radius 2 is 1.95 bits per heavy atom. The number of benzene rings is 2. The molecule has 0 aliphatic rings. The van der Waals surface area contributed by atoms with Gasteiger partial charge in [-0.25, -0.2) is 0 Å². The van der Waals surface area contributed by atoms with Crippen molar-refractivity contribution in [1.29, 1.82) is 0 Å². The predicted octanol–water partition coefficient (Wildman–Crippen LogP) is 4.23. The number of alkyl halides is 1. The topological polar surface area (TPSA) is 38.3 Å². The van der Waals surface area contributed by atoms with Crippen molar-refractivity contribution >= 4 is 27.5 Å². The van der Waals surface area contributed by atoms with Crippen molar-refractivity contribution in [3.63, 3.8) is 0 Å². The van der Waals surface area contributed by atoms with Gasteiger partial charge in [0.15, 0.2) is 0 Å². The molecule has 2 aromatic carbocycles. The lowest BCUT2D eigenvalue weighted by molar-refractivity contribution is 0.102. The molecule has 4 heteroatoms. The minimum Gasteiger partial charge on any atom is -0.482 e. The van der Waals surface area contributed by atoms with Gasteiger partial charge >= 0.3 is 0 Å². The molecule has 20 heavy (non-hydrogen) atoms. The molecule has 2 aromatic rings. The Kier molecular flexibility index (Phi) is 5.18. The van der Waals surface area contributed by atoms with Crippen LogP contribution >= 0.6 is 15.9 Å². The standard InChI is InChI=1S/C16H16BrNO2/c1-2-12-6-8-14(9-7-12)18-16(19)13-4-3-5-15(10-13)20-11-17/h3-10H,2,11H2,1H3,(H,18,19). The van der Waals surface area contributed by atoms with E-state index in [0.29, 0.717) is 16.8 Å². The fraction of sp³-hybridized carbons (Fsp3) is 0.188. The van der Waals surface area contributed by atoms with E-state index in [0.717, 1.165) is 12.1 Å². The summed E-state index contributed by atoms with van der Waals surface area (Å²) >= 11 is 3.19. The molecule has 0 saturated heterocycles. The highest BCUT2D eigenvalue weighted by Gasteiger charge is 2.07. The van der Waals surface area contributed by atoms with Crippen LogP contribution in [0.2, 0.25) is 0 Å². The van der Waals surface area contributed by atoms with Crippen molar-refractivity contribution in [3.8, 4) is 5.75 Å². The van der Waals surface area contributed by atoms with E-state index >= 15 is 0 Å². The molecule has 0 spiro atoms. The first-order valence-corrected chi connectivity index (χ1v) is 7.54.